The van der Waals surface area contributed by atoms with Crippen LogP contribution in [0, 0.1) is 0 Å². The molecule has 0 aromatic carbocycles. The maximum absolute atomic E-state index is 5.06. The molecule has 0 rings (SSSR count). The summed E-state index contributed by atoms with van der Waals surface area (Å²) < 4.78 is 4.60. The minimum absolute atomic E-state index is 0.201. The Morgan fingerprint density at radius 2 is 2.00 bits per heavy atom. The van der Waals surface area contributed by atoms with Crippen molar-refractivity contribution in [3.8, 4) is 0 Å². The van der Waals surface area contributed by atoms with Gasteiger partial charge in [0, 0.05) is 0 Å². The predicted octanol–water partition coefficient (Wildman–Crippen LogP) is -0.448. The maximum Gasteiger partial charge on any atom is 0.150 e. The number of ether oxygens (including phenoxy) is 1. The second kappa shape index (κ2) is 2.69. The highest BCUT2D eigenvalue weighted by Crippen LogP contribution is 2.03. The van der Waals surface area contributed by atoms with Crippen molar-refractivity contribution in [3.63, 3.8) is 0 Å². The van der Waals surface area contributed by atoms with E-state index in [-0.39, 0.29) is 5.82 Å². The highest BCUT2D eigenvalue weighted by atomic mass is 31.0. The van der Waals surface area contributed by atoms with Gasteiger partial charge in [0.2, 0.25) is 0 Å². The average molecular weight is 120 g/mol. The molecule has 0 radical (unpaired) electrons. The molecule has 0 aromatic heterocycles. The minimum atomic E-state index is 0.201. The SMILES string of the molecule is COC(P)=C(N)N. The third-order valence-electron chi connectivity index (χ3n) is 0.504. The van der Waals surface area contributed by atoms with Crippen molar-refractivity contribution < 1.29 is 4.74 Å². The number of hydrogen-bond donors (Lipinski definition) is 2. The normalized spacial score (nSPS) is 7.71. The van der Waals surface area contributed by atoms with Crippen LogP contribution >= 0.6 is 9.24 Å². The predicted molar refractivity (Wildman–Crippen MR) is 32.1 cm³/mol. The van der Waals surface area contributed by atoms with E-state index >= 15 is 0 Å². The van der Waals surface area contributed by atoms with E-state index in [0.717, 1.165) is 0 Å². The molecule has 7 heavy (non-hydrogen) atoms. The zero-order valence-corrected chi connectivity index (χ0v) is 5.29. The molecule has 0 fully saturated rings. The lowest BCUT2D eigenvalue weighted by Crippen LogP contribution is -2.10. The maximum atomic E-state index is 5.06. The number of methoxy groups -OCH3 is 1. The van der Waals surface area contributed by atoms with E-state index in [4.69, 9.17) is 11.5 Å². The number of hydrogen-bond acceptors (Lipinski definition) is 3. The monoisotopic (exact) mass is 120 g/mol. The van der Waals surface area contributed by atoms with Crippen molar-refractivity contribution in [2.75, 3.05) is 7.11 Å². The highest BCUT2D eigenvalue weighted by molar-refractivity contribution is 7.22. The van der Waals surface area contributed by atoms with Crippen LogP contribution in [0.2, 0.25) is 0 Å². The summed E-state index contributed by atoms with van der Waals surface area (Å²) in [5, 5.41) is 0. The Hall–Kier alpha value is -0.430. The van der Waals surface area contributed by atoms with Crippen LogP contribution in [-0.4, -0.2) is 7.11 Å². The molecule has 1 unspecified atom stereocenters. The van der Waals surface area contributed by atoms with Gasteiger partial charge in [-0.1, -0.05) is 9.24 Å². The van der Waals surface area contributed by atoms with Crippen molar-refractivity contribution in [3.05, 3.63) is 11.3 Å². The molecule has 3 nitrogen and oxygen atoms in total. The Labute approximate surface area is 44.9 Å². The standard InChI is InChI=1S/C3H9N2OP/c1-6-3(7)2(4)5/h4-5,7H2,1H3. The third kappa shape index (κ3) is 2.29. The molecule has 0 saturated heterocycles. The highest BCUT2D eigenvalue weighted by Gasteiger charge is 1.85. The molecule has 42 valence electrons. The summed E-state index contributed by atoms with van der Waals surface area (Å²) in [6.07, 6.45) is 0. The van der Waals surface area contributed by atoms with E-state index in [9.17, 15) is 0 Å². The molecule has 0 heterocycles. The Bertz CT molecular complexity index is 86.9. The summed E-state index contributed by atoms with van der Waals surface area (Å²) in [7, 11) is 3.76. The van der Waals surface area contributed by atoms with E-state index in [2.05, 4.69) is 14.0 Å². The van der Waals surface area contributed by atoms with E-state index in [0.29, 0.717) is 5.50 Å². The number of rotatable bonds is 1. The second-order valence-corrected chi connectivity index (χ2v) is 1.55. The molecule has 1 atom stereocenters. The van der Waals surface area contributed by atoms with E-state index in [1.54, 1.807) is 0 Å². The first-order valence-corrected chi connectivity index (χ1v) is 2.31. The first-order chi connectivity index (χ1) is 3.18. The van der Waals surface area contributed by atoms with Crippen molar-refractivity contribution in [2.45, 2.75) is 0 Å². The van der Waals surface area contributed by atoms with Crippen molar-refractivity contribution in [1.82, 2.24) is 0 Å². The van der Waals surface area contributed by atoms with E-state index in [1.807, 2.05) is 0 Å². The average Bonchev–Trinajstić information content (AvgIpc) is 1.65. The van der Waals surface area contributed by atoms with Crippen LogP contribution in [0.5, 0.6) is 0 Å². The third-order valence-corrected chi connectivity index (χ3v) is 1.07. The van der Waals surface area contributed by atoms with E-state index in [1.165, 1.54) is 7.11 Å². The van der Waals surface area contributed by atoms with Gasteiger partial charge in [0.25, 0.3) is 0 Å². The molecule has 0 aliphatic carbocycles. The van der Waals surface area contributed by atoms with Gasteiger partial charge in [-0.15, -0.1) is 0 Å². The summed E-state index contributed by atoms with van der Waals surface area (Å²) in [5.74, 6) is 0.201. The fraction of sp³-hybridized carbons (Fsp3) is 0.333. The van der Waals surface area contributed by atoms with E-state index < -0.39 is 0 Å². The lowest BCUT2D eigenvalue weighted by Gasteiger charge is -1.97. The lowest BCUT2D eigenvalue weighted by atomic mass is 10.8. The van der Waals surface area contributed by atoms with Crippen molar-refractivity contribution >= 4 is 9.24 Å². The summed E-state index contributed by atoms with van der Waals surface area (Å²) in [6, 6.07) is 0. The summed E-state index contributed by atoms with van der Waals surface area (Å²) in [6.45, 7) is 0. The summed E-state index contributed by atoms with van der Waals surface area (Å²) >= 11 is 0. The van der Waals surface area contributed by atoms with Gasteiger partial charge in [-0.05, 0) is 0 Å². The van der Waals surface area contributed by atoms with Crippen LogP contribution in [0.25, 0.3) is 0 Å². The zero-order valence-electron chi connectivity index (χ0n) is 4.14. The molecule has 0 aliphatic heterocycles. The molecule has 0 bridgehead atoms. The number of nitrogens with two attached hydrogens (primary N) is 2. The smallest absolute Gasteiger partial charge is 0.150 e. The topological polar surface area (TPSA) is 61.3 Å². The first kappa shape index (κ1) is 6.57. The molecule has 0 saturated carbocycles. The van der Waals surface area contributed by atoms with Crippen molar-refractivity contribution in [1.29, 1.82) is 0 Å². The lowest BCUT2D eigenvalue weighted by molar-refractivity contribution is 0.319. The second-order valence-electron chi connectivity index (χ2n) is 1.02. The van der Waals surface area contributed by atoms with Gasteiger partial charge in [-0.2, -0.15) is 0 Å². The van der Waals surface area contributed by atoms with Gasteiger partial charge in [-0.3, -0.25) is 0 Å². The van der Waals surface area contributed by atoms with Gasteiger partial charge in [0.1, 0.15) is 5.82 Å². The van der Waals surface area contributed by atoms with Crippen LogP contribution in [0.15, 0.2) is 11.3 Å². The Kier molecular flexibility index (Phi) is 2.53. The fourth-order valence-electron chi connectivity index (χ4n) is 0.118. The molecule has 4 N–H and O–H groups in total. The van der Waals surface area contributed by atoms with Gasteiger partial charge in [-0.25, -0.2) is 0 Å². The molecular formula is C3H9N2OP. The van der Waals surface area contributed by atoms with Crippen molar-refractivity contribution in [2.24, 2.45) is 11.5 Å². The van der Waals surface area contributed by atoms with Gasteiger partial charge < -0.3 is 16.2 Å². The minimum Gasteiger partial charge on any atom is -0.493 e. The molecular weight excluding hydrogens is 111 g/mol. The van der Waals surface area contributed by atoms with Gasteiger partial charge >= 0.3 is 0 Å². The van der Waals surface area contributed by atoms with Crippen LogP contribution in [-0.2, 0) is 4.74 Å². The van der Waals surface area contributed by atoms with Gasteiger partial charge in [0.15, 0.2) is 5.50 Å². The van der Waals surface area contributed by atoms with Crippen LogP contribution in [0.3, 0.4) is 0 Å². The van der Waals surface area contributed by atoms with Crippen LogP contribution in [0.1, 0.15) is 0 Å². The molecule has 0 amide bonds. The van der Waals surface area contributed by atoms with Gasteiger partial charge in [0.05, 0.1) is 7.11 Å². The quantitative estimate of drug-likeness (QED) is 0.364. The summed E-state index contributed by atoms with van der Waals surface area (Å²) in [4.78, 5) is 0. The fourth-order valence-corrected chi connectivity index (χ4v) is 0.118. The van der Waals surface area contributed by atoms with Crippen LogP contribution in [0.4, 0.5) is 0 Å². The Morgan fingerprint density at radius 1 is 1.57 bits per heavy atom. The zero-order chi connectivity index (χ0) is 5.86. The molecule has 0 aliphatic rings. The molecule has 0 spiro atoms. The first-order valence-electron chi connectivity index (χ1n) is 1.73. The molecule has 4 heteroatoms. The van der Waals surface area contributed by atoms with Crippen LogP contribution < -0.4 is 11.5 Å². The molecule has 0 aromatic rings. The Morgan fingerprint density at radius 3 is 2.00 bits per heavy atom. The Balaban J connectivity index is 3.72. The summed E-state index contributed by atoms with van der Waals surface area (Å²) in [5.41, 5.74) is 10.6. The largest absolute Gasteiger partial charge is 0.493 e.